The summed E-state index contributed by atoms with van der Waals surface area (Å²) >= 11 is 0. The average Bonchev–Trinajstić information content (AvgIpc) is 3.14. The molecule has 0 N–H and O–H groups in total. The van der Waals surface area contributed by atoms with E-state index in [0.717, 1.165) is 5.75 Å². The highest BCUT2D eigenvalue weighted by atomic mass is 16.5. The standard InChI is InChI=1S/C20H19N3O4/c1-25-16-7-9-17(10-8-16)26-13-18-21-19(22-27-18)15-11-23(12-15)20(24)14-5-3-2-4-6-14/h2-10,15H,11-13H2,1H3. The van der Waals surface area contributed by atoms with Crippen molar-refractivity contribution in [3.63, 3.8) is 0 Å². The lowest BCUT2D eigenvalue weighted by Crippen LogP contribution is -2.48. The SMILES string of the molecule is COc1ccc(OCc2nc(C3CN(C(=O)c4ccccc4)C3)no2)cc1. The van der Waals surface area contributed by atoms with Crippen molar-refractivity contribution in [2.24, 2.45) is 0 Å². The number of hydrogen-bond donors (Lipinski definition) is 0. The number of benzene rings is 2. The molecule has 0 unspecified atom stereocenters. The molecular weight excluding hydrogens is 346 g/mol. The van der Waals surface area contributed by atoms with E-state index in [-0.39, 0.29) is 18.4 Å². The smallest absolute Gasteiger partial charge is 0.264 e. The molecule has 1 aromatic heterocycles. The van der Waals surface area contributed by atoms with Gasteiger partial charge in [0.25, 0.3) is 11.8 Å². The van der Waals surface area contributed by atoms with E-state index in [0.29, 0.717) is 36.1 Å². The molecule has 1 saturated heterocycles. The van der Waals surface area contributed by atoms with Gasteiger partial charge in [0.05, 0.1) is 13.0 Å². The number of aromatic nitrogens is 2. The summed E-state index contributed by atoms with van der Waals surface area (Å²) in [5.41, 5.74) is 0.692. The number of likely N-dealkylation sites (tertiary alicyclic amines) is 1. The molecule has 1 amide bonds. The molecule has 1 fully saturated rings. The van der Waals surface area contributed by atoms with Crippen LogP contribution in [0.25, 0.3) is 0 Å². The molecule has 0 radical (unpaired) electrons. The van der Waals surface area contributed by atoms with E-state index in [1.54, 1.807) is 12.0 Å². The predicted molar refractivity (Wildman–Crippen MR) is 96.7 cm³/mol. The van der Waals surface area contributed by atoms with Gasteiger partial charge < -0.3 is 18.9 Å². The molecule has 1 aliphatic rings. The maximum atomic E-state index is 12.3. The fourth-order valence-corrected chi connectivity index (χ4v) is 2.88. The number of rotatable bonds is 6. The molecule has 7 nitrogen and oxygen atoms in total. The van der Waals surface area contributed by atoms with Gasteiger partial charge in [-0.2, -0.15) is 4.98 Å². The Hall–Kier alpha value is -3.35. The normalized spacial score (nSPS) is 13.9. The summed E-state index contributed by atoms with van der Waals surface area (Å²) in [5, 5.41) is 4.02. The monoisotopic (exact) mass is 365 g/mol. The molecule has 1 aliphatic heterocycles. The fraction of sp³-hybridized carbons (Fsp3) is 0.250. The Morgan fingerprint density at radius 2 is 1.81 bits per heavy atom. The van der Waals surface area contributed by atoms with Crippen LogP contribution >= 0.6 is 0 Å². The quantitative estimate of drug-likeness (QED) is 0.668. The second-order valence-electron chi connectivity index (χ2n) is 6.28. The average molecular weight is 365 g/mol. The number of methoxy groups -OCH3 is 1. The third-order valence-corrected chi connectivity index (χ3v) is 4.46. The molecule has 4 rings (SSSR count). The summed E-state index contributed by atoms with van der Waals surface area (Å²) in [6, 6.07) is 16.5. The summed E-state index contributed by atoms with van der Waals surface area (Å²) in [7, 11) is 1.62. The second-order valence-corrected chi connectivity index (χ2v) is 6.28. The van der Waals surface area contributed by atoms with Gasteiger partial charge in [0.2, 0.25) is 0 Å². The van der Waals surface area contributed by atoms with E-state index in [9.17, 15) is 4.79 Å². The molecule has 138 valence electrons. The van der Waals surface area contributed by atoms with Gasteiger partial charge in [0, 0.05) is 18.7 Å². The number of amides is 1. The van der Waals surface area contributed by atoms with Gasteiger partial charge in [-0.15, -0.1) is 0 Å². The molecule has 0 spiro atoms. The molecular formula is C20H19N3O4. The summed E-state index contributed by atoms with van der Waals surface area (Å²) < 4.78 is 16.0. The van der Waals surface area contributed by atoms with Gasteiger partial charge in [0.1, 0.15) is 11.5 Å². The molecule has 0 aliphatic carbocycles. The fourth-order valence-electron chi connectivity index (χ4n) is 2.88. The summed E-state index contributed by atoms with van der Waals surface area (Å²) in [6.45, 7) is 1.37. The van der Waals surface area contributed by atoms with Crippen molar-refractivity contribution in [2.45, 2.75) is 12.5 Å². The van der Waals surface area contributed by atoms with E-state index in [2.05, 4.69) is 10.1 Å². The molecule has 2 aromatic carbocycles. The first-order valence-corrected chi connectivity index (χ1v) is 8.66. The van der Waals surface area contributed by atoms with Crippen LogP contribution in [-0.2, 0) is 6.61 Å². The number of ether oxygens (including phenoxy) is 2. The third-order valence-electron chi connectivity index (χ3n) is 4.46. The Balaban J connectivity index is 1.29. The lowest BCUT2D eigenvalue weighted by molar-refractivity contribution is 0.0592. The van der Waals surface area contributed by atoms with Crippen LogP contribution in [0, 0.1) is 0 Å². The van der Waals surface area contributed by atoms with Crippen molar-refractivity contribution in [1.82, 2.24) is 15.0 Å². The van der Waals surface area contributed by atoms with Crippen molar-refractivity contribution in [1.29, 1.82) is 0 Å². The molecule has 2 heterocycles. The maximum Gasteiger partial charge on any atom is 0.264 e. The van der Waals surface area contributed by atoms with Crippen LogP contribution in [-0.4, -0.2) is 41.1 Å². The van der Waals surface area contributed by atoms with E-state index < -0.39 is 0 Å². The summed E-state index contributed by atoms with van der Waals surface area (Å²) in [4.78, 5) is 18.5. The lowest BCUT2D eigenvalue weighted by atomic mass is 9.98. The number of carbonyl (C=O) groups is 1. The molecule has 27 heavy (non-hydrogen) atoms. The van der Waals surface area contributed by atoms with Crippen LogP contribution in [0.3, 0.4) is 0 Å². The zero-order chi connectivity index (χ0) is 18.6. The highest BCUT2D eigenvalue weighted by molar-refractivity contribution is 5.94. The van der Waals surface area contributed by atoms with Gasteiger partial charge in [-0.3, -0.25) is 4.79 Å². The summed E-state index contributed by atoms with van der Waals surface area (Å²) in [6.07, 6.45) is 0. The Bertz CT molecular complexity index is 902. The molecule has 0 saturated carbocycles. The third kappa shape index (κ3) is 3.76. The minimum absolute atomic E-state index is 0.0263. The highest BCUT2D eigenvalue weighted by Crippen LogP contribution is 2.26. The van der Waals surface area contributed by atoms with E-state index in [4.69, 9.17) is 14.0 Å². The van der Waals surface area contributed by atoms with Gasteiger partial charge >= 0.3 is 0 Å². The van der Waals surface area contributed by atoms with Crippen LogP contribution in [0.15, 0.2) is 59.1 Å². The Morgan fingerprint density at radius 3 is 2.52 bits per heavy atom. The maximum absolute atomic E-state index is 12.3. The van der Waals surface area contributed by atoms with Crippen molar-refractivity contribution in [3.05, 3.63) is 71.9 Å². The lowest BCUT2D eigenvalue weighted by Gasteiger charge is -2.37. The minimum Gasteiger partial charge on any atom is -0.497 e. The van der Waals surface area contributed by atoms with Crippen LogP contribution in [0.2, 0.25) is 0 Å². The first-order chi connectivity index (χ1) is 13.2. The largest absolute Gasteiger partial charge is 0.497 e. The molecule has 7 heteroatoms. The van der Waals surface area contributed by atoms with E-state index in [1.807, 2.05) is 54.6 Å². The number of carbonyl (C=O) groups excluding carboxylic acids is 1. The summed E-state index contributed by atoms with van der Waals surface area (Å²) in [5.74, 6) is 2.60. The predicted octanol–water partition coefficient (Wildman–Crippen LogP) is 2.90. The van der Waals surface area contributed by atoms with E-state index in [1.165, 1.54) is 0 Å². The van der Waals surface area contributed by atoms with Crippen LogP contribution < -0.4 is 9.47 Å². The Kier molecular flexibility index (Phi) is 4.74. The number of nitrogens with zero attached hydrogens (tertiary/aromatic N) is 3. The zero-order valence-electron chi connectivity index (χ0n) is 14.9. The zero-order valence-corrected chi connectivity index (χ0v) is 14.9. The molecule has 0 atom stereocenters. The first kappa shape index (κ1) is 17.1. The van der Waals surface area contributed by atoms with Crippen molar-refractivity contribution in [2.75, 3.05) is 20.2 Å². The van der Waals surface area contributed by atoms with E-state index >= 15 is 0 Å². The molecule has 0 bridgehead atoms. The first-order valence-electron chi connectivity index (χ1n) is 8.66. The van der Waals surface area contributed by atoms with Crippen LogP contribution in [0.5, 0.6) is 11.5 Å². The minimum atomic E-state index is 0.0263. The van der Waals surface area contributed by atoms with Crippen LogP contribution in [0.1, 0.15) is 28.0 Å². The van der Waals surface area contributed by atoms with Crippen molar-refractivity contribution >= 4 is 5.91 Å². The molecule has 3 aromatic rings. The van der Waals surface area contributed by atoms with Crippen molar-refractivity contribution in [3.8, 4) is 11.5 Å². The van der Waals surface area contributed by atoms with Crippen LogP contribution in [0.4, 0.5) is 0 Å². The second kappa shape index (κ2) is 7.49. The Morgan fingerprint density at radius 1 is 1.11 bits per heavy atom. The van der Waals surface area contributed by atoms with Gasteiger partial charge in [-0.1, -0.05) is 23.4 Å². The Labute approximate surface area is 156 Å². The highest BCUT2D eigenvalue weighted by Gasteiger charge is 2.35. The van der Waals surface area contributed by atoms with Crippen molar-refractivity contribution < 1.29 is 18.8 Å². The van der Waals surface area contributed by atoms with Gasteiger partial charge in [-0.05, 0) is 36.4 Å². The van der Waals surface area contributed by atoms with Gasteiger partial charge in [-0.25, -0.2) is 0 Å². The number of hydrogen-bond acceptors (Lipinski definition) is 6. The van der Waals surface area contributed by atoms with Gasteiger partial charge in [0.15, 0.2) is 12.4 Å². The topological polar surface area (TPSA) is 77.7 Å².